The Labute approximate surface area is 274 Å². The summed E-state index contributed by atoms with van der Waals surface area (Å²) in [5, 5.41) is 17.0. The van der Waals surface area contributed by atoms with Gasteiger partial charge in [0.15, 0.2) is 0 Å². The number of benzene rings is 7. The van der Waals surface area contributed by atoms with Gasteiger partial charge in [0.25, 0.3) is 0 Å². The summed E-state index contributed by atoms with van der Waals surface area (Å²) in [4.78, 5) is 0. The van der Waals surface area contributed by atoms with E-state index in [0.29, 0.717) is 11.3 Å². The third kappa shape index (κ3) is 3.54. The molecule has 48 heavy (non-hydrogen) atoms. The van der Waals surface area contributed by atoms with Crippen LogP contribution in [-0.4, -0.2) is 9.13 Å². The maximum Gasteiger partial charge on any atom is 0.145 e. The van der Waals surface area contributed by atoms with Crippen molar-refractivity contribution in [1.29, 1.82) is 5.26 Å². The van der Waals surface area contributed by atoms with Crippen molar-refractivity contribution >= 4 is 71.2 Å². The van der Waals surface area contributed by atoms with Crippen LogP contribution in [0.1, 0.15) is 5.56 Å². The number of aromatic nitrogens is 2. The van der Waals surface area contributed by atoms with Gasteiger partial charge >= 0.3 is 0 Å². The minimum atomic E-state index is 0.577. The summed E-state index contributed by atoms with van der Waals surface area (Å²) in [6.45, 7) is 0. The van der Waals surface area contributed by atoms with Crippen molar-refractivity contribution in [2.24, 2.45) is 0 Å². The lowest BCUT2D eigenvalue weighted by atomic mass is 9.96. The number of para-hydroxylation sites is 4. The van der Waals surface area contributed by atoms with Gasteiger partial charge < -0.3 is 19.3 Å². The summed E-state index contributed by atoms with van der Waals surface area (Å²) in [5.41, 5.74) is 17.1. The Balaban J connectivity index is 1.32. The summed E-state index contributed by atoms with van der Waals surface area (Å²) in [7, 11) is 0. The molecule has 7 aromatic carbocycles. The second kappa shape index (κ2) is 9.86. The van der Waals surface area contributed by atoms with E-state index in [1.807, 2.05) is 42.5 Å². The van der Waals surface area contributed by atoms with Gasteiger partial charge in [-0.25, -0.2) is 0 Å². The Morgan fingerprint density at radius 3 is 2.02 bits per heavy atom. The largest absolute Gasteiger partial charge is 0.455 e. The quantitative estimate of drug-likeness (QED) is 0.201. The van der Waals surface area contributed by atoms with Crippen molar-refractivity contribution in [2.75, 3.05) is 5.73 Å². The second-order valence-corrected chi connectivity index (χ2v) is 12.2. The minimum Gasteiger partial charge on any atom is -0.455 e. The lowest BCUT2D eigenvalue weighted by Crippen LogP contribution is -1.99. The first-order valence-corrected chi connectivity index (χ1v) is 16.0. The zero-order chi connectivity index (χ0) is 31.9. The average molecular weight is 615 g/mol. The maximum atomic E-state index is 10.5. The Kier molecular flexibility index (Phi) is 5.43. The number of nitrogen functional groups attached to an aromatic ring is 1. The molecule has 10 aromatic rings. The molecule has 0 saturated carbocycles. The van der Waals surface area contributed by atoms with Gasteiger partial charge in [-0.15, -0.1) is 0 Å². The fourth-order valence-corrected chi connectivity index (χ4v) is 7.71. The molecule has 0 aliphatic heterocycles. The molecule has 0 saturated heterocycles. The van der Waals surface area contributed by atoms with E-state index in [1.54, 1.807) is 0 Å². The third-order valence-electron chi connectivity index (χ3n) is 9.68. The van der Waals surface area contributed by atoms with Gasteiger partial charge in [0.05, 0.1) is 44.8 Å². The predicted octanol–water partition coefficient (Wildman–Crippen LogP) is 10.9. The molecule has 10 rings (SSSR count). The Bertz CT molecular complexity index is 2970. The Morgan fingerprint density at radius 1 is 0.521 bits per heavy atom. The number of nitriles is 1. The summed E-state index contributed by atoms with van der Waals surface area (Å²) in [6, 6.07) is 52.3. The standard InChI is InChI=1S/C43H26N4O/c44-25-26-10-8-19-38(47-35-17-6-4-13-29(35)34-24-27(45)20-22-37(34)47)40(26)33-16-9-15-30-31-21-23-39-41(43(31)48-42(30)33)32-14-5-7-18-36(32)46(39)28-11-2-1-3-12-28/h1-24H,45H2. The van der Waals surface area contributed by atoms with Crippen LogP contribution in [0.2, 0.25) is 0 Å². The highest BCUT2D eigenvalue weighted by atomic mass is 16.3. The topological polar surface area (TPSA) is 72.8 Å². The van der Waals surface area contributed by atoms with E-state index in [1.165, 1.54) is 0 Å². The van der Waals surface area contributed by atoms with E-state index in [0.717, 1.165) is 88.1 Å². The highest BCUT2D eigenvalue weighted by molar-refractivity contribution is 6.25. The molecule has 0 unspecified atom stereocenters. The number of hydrogen-bond donors (Lipinski definition) is 1. The monoisotopic (exact) mass is 614 g/mol. The molecule has 0 atom stereocenters. The summed E-state index contributed by atoms with van der Waals surface area (Å²) in [6.07, 6.45) is 0. The molecule has 5 heteroatoms. The van der Waals surface area contributed by atoms with Crippen molar-refractivity contribution in [3.63, 3.8) is 0 Å². The van der Waals surface area contributed by atoms with E-state index in [4.69, 9.17) is 10.2 Å². The van der Waals surface area contributed by atoms with Crippen LogP contribution >= 0.6 is 0 Å². The molecule has 2 N–H and O–H groups in total. The van der Waals surface area contributed by atoms with E-state index in [9.17, 15) is 5.26 Å². The SMILES string of the molecule is N#Cc1cccc(-n2c3ccccc3c3cc(N)ccc32)c1-c1cccc2c1oc1c2ccc2c1c1ccccc1n2-c1ccccc1. The number of fused-ring (bicyclic) bond motifs is 10. The van der Waals surface area contributed by atoms with Crippen molar-refractivity contribution in [3.8, 4) is 28.6 Å². The van der Waals surface area contributed by atoms with Crippen molar-refractivity contribution in [1.82, 2.24) is 9.13 Å². The van der Waals surface area contributed by atoms with Crippen LogP contribution in [0.25, 0.3) is 88.1 Å². The fourth-order valence-electron chi connectivity index (χ4n) is 7.71. The zero-order valence-electron chi connectivity index (χ0n) is 25.7. The van der Waals surface area contributed by atoms with Gasteiger partial charge in [-0.1, -0.05) is 78.9 Å². The van der Waals surface area contributed by atoms with Crippen LogP contribution < -0.4 is 5.73 Å². The second-order valence-electron chi connectivity index (χ2n) is 12.2. The van der Waals surface area contributed by atoms with E-state index < -0.39 is 0 Å². The third-order valence-corrected chi connectivity index (χ3v) is 9.68. The molecule has 0 radical (unpaired) electrons. The van der Waals surface area contributed by atoms with E-state index >= 15 is 0 Å². The highest BCUT2D eigenvalue weighted by Gasteiger charge is 2.23. The van der Waals surface area contributed by atoms with Gasteiger partial charge in [0.2, 0.25) is 0 Å². The smallest absolute Gasteiger partial charge is 0.145 e. The van der Waals surface area contributed by atoms with Gasteiger partial charge in [-0.2, -0.15) is 5.26 Å². The van der Waals surface area contributed by atoms with Crippen molar-refractivity contribution in [3.05, 3.63) is 151 Å². The van der Waals surface area contributed by atoms with Crippen LogP contribution in [0.15, 0.2) is 150 Å². The lowest BCUT2D eigenvalue weighted by molar-refractivity contribution is 0.674. The van der Waals surface area contributed by atoms with Crippen LogP contribution in [0, 0.1) is 11.3 Å². The molecular weight excluding hydrogens is 589 g/mol. The molecule has 0 aliphatic carbocycles. The van der Waals surface area contributed by atoms with Gasteiger partial charge in [0, 0.05) is 49.4 Å². The normalized spacial score (nSPS) is 11.8. The van der Waals surface area contributed by atoms with Crippen molar-refractivity contribution < 1.29 is 4.42 Å². The van der Waals surface area contributed by atoms with Gasteiger partial charge in [0.1, 0.15) is 11.2 Å². The number of nitrogens with two attached hydrogens (primary N) is 1. The van der Waals surface area contributed by atoms with Crippen molar-refractivity contribution in [2.45, 2.75) is 0 Å². The molecule has 3 aromatic heterocycles. The zero-order valence-corrected chi connectivity index (χ0v) is 25.7. The lowest BCUT2D eigenvalue weighted by Gasteiger charge is -2.15. The molecule has 0 spiro atoms. The first-order valence-electron chi connectivity index (χ1n) is 16.0. The number of hydrogen-bond acceptors (Lipinski definition) is 3. The fraction of sp³-hybridized carbons (Fsp3) is 0. The minimum absolute atomic E-state index is 0.577. The predicted molar refractivity (Wildman–Crippen MR) is 197 cm³/mol. The molecule has 0 fully saturated rings. The number of anilines is 1. The van der Waals surface area contributed by atoms with Gasteiger partial charge in [-0.05, 0) is 66.7 Å². The molecule has 5 nitrogen and oxygen atoms in total. The van der Waals surface area contributed by atoms with Gasteiger partial charge in [-0.3, -0.25) is 0 Å². The highest BCUT2D eigenvalue weighted by Crippen LogP contribution is 2.45. The van der Waals surface area contributed by atoms with Crippen LogP contribution in [0.5, 0.6) is 0 Å². The summed E-state index contributed by atoms with van der Waals surface area (Å²) in [5.74, 6) is 0. The molecule has 0 aliphatic rings. The maximum absolute atomic E-state index is 10.5. The van der Waals surface area contributed by atoms with Crippen LogP contribution in [0.3, 0.4) is 0 Å². The molecular formula is C43H26N4O. The van der Waals surface area contributed by atoms with E-state index in [2.05, 4.69) is 118 Å². The number of furan rings is 1. The molecule has 0 bridgehead atoms. The first kappa shape index (κ1) is 26.4. The number of nitrogens with zero attached hydrogens (tertiary/aromatic N) is 3. The Hall–Kier alpha value is -6.77. The number of rotatable bonds is 3. The van der Waals surface area contributed by atoms with E-state index in [-0.39, 0.29) is 0 Å². The average Bonchev–Trinajstić information content (AvgIpc) is 3.79. The summed E-state index contributed by atoms with van der Waals surface area (Å²) < 4.78 is 11.6. The molecule has 224 valence electrons. The molecule has 3 heterocycles. The summed E-state index contributed by atoms with van der Waals surface area (Å²) >= 11 is 0. The first-order chi connectivity index (χ1) is 23.7. The Morgan fingerprint density at radius 2 is 1.19 bits per heavy atom. The van der Waals surface area contributed by atoms with Crippen LogP contribution in [-0.2, 0) is 0 Å². The molecule has 0 amide bonds. The van der Waals surface area contributed by atoms with Crippen LogP contribution in [0.4, 0.5) is 5.69 Å².